The maximum absolute atomic E-state index is 11.5. The predicted molar refractivity (Wildman–Crippen MR) is 117 cm³/mol. The Morgan fingerprint density at radius 1 is 1.11 bits per heavy atom. The topological polar surface area (TPSA) is 46.8 Å². The van der Waals surface area contributed by atoms with E-state index < -0.39 is 0 Å². The Kier molecular flexibility index (Phi) is 11.1. The third-order valence-electron chi connectivity index (χ3n) is 3.94. The van der Waals surface area contributed by atoms with E-state index in [1.54, 1.807) is 7.05 Å². The molecule has 1 amide bonds. The van der Waals surface area contributed by atoms with Crippen molar-refractivity contribution < 1.29 is 22.1 Å². The molecule has 0 saturated heterocycles. The van der Waals surface area contributed by atoms with Crippen molar-refractivity contribution in [1.29, 1.82) is 0 Å². The monoisotopic (exact) mass is 503 g/mol. The first-order valence-corrected chi connectivity index (χ1v) is 11.4. The molecule has 0 saturated carbocycles. The molecule has 0 radical (unpaired) electrons. The van der Waals surface area contributed by atoms with Crippen LogP contribution in [0.5, 0.6) is 0 Å². The van der Waals surface area contributed by atoms with Crippen molar-refractivity contribution in [3.05, 3.63) is 76.6 Å². The molecule has 0 unspecified atom stereocenters. The van der Waals surface area contributed by atoms with Gasteiger partial charge in [-0.05, 0) is 31.0 Å². The van der Waals surface area contributed by atoms with Crippen LogP contribution in [0.1, 0.15) is 42.9 Å². The average Bonchev–Trinajstić information content (AvgIpc) is 2.82. The van der Waals surface area contributed by atoms with Gasteiger partial charge in [0.15, 0.2) is 5.91 Å². The Labute approximate surface area is 187 Å². The molecule has 0 atom stereocenters. The van der Waals surface area contributed by atoms with Gasteiger partial charge in [0.05, 0.1) is 5.71 Å². The van der Waals surface area contributed by atoms with E-state index in [1.165, 1.54) is 16.1 Å². The molecular weight excluding hydrogens is 479 g/mol. The van der Waals surface area contributed by atoms with E-state index >= 15 is 0 Å². The van der Waals surface area contributed by atoms with Crippen LogP contribution in [0.25, 0.3) is 5.32 Å². The molecule has 0 bridgehead atoms. The number of nitrogens with zero attached hydrogens (tertiary/aromatic N) is 3. The van der Waals surface area contributed by atoms with Crippen molar-refractivity contribution in [2.24, 2.45) is 5.10 Å². The minimum atomic E-state index is -0.253. The van der Waals surface area contributed by atoms with Crippen LogP contribution < -0.4 is 0 Å². The second-order valence-corrected chi connectivity index (χ2v) is 6.83. The average molecular weight is 503 g/mol. The second-order valence-electron chi connectivity index (χ2n) is 6.47. The van der Waals surface area contributed by atoms with Crippen LogP contribution in [0.15, 0.2) is 59.7 Å². The predicted octanol–water partition coefficient (Wildman–Crippen LogP) is 5.72. The number of hydrogen-bond donors (Lipinski definition) is 0. The van der Waals surface area contributed by atoms with E-state index in [1.807, 2.05) is 47.6 Å². The van der Waals surface area contributed by atoms with Crippen LogP contribution >= 0.6 is 21.9 Å². The maximum atomic E-state index is 11.5. The standard InChI is InChI=1S/C11H11N3OS.C10H14.ClH.Ru/c1-14-11(16)12-10(15)7-9(13-14)8-5-3-2-4-6-8;1-8(2)10-6-4-9(3)5-7-10;;/h2-6H,7H2,1H3,(H,12,15,16);4-8H,1-3H3;1H;/q;;;+2/p-2. The van der Waals surface area contributed by atoms with E-state index in [9.17, 15) is 4.79 Å². The van der Waals surface area contributed by atoms with Gasteiger partial charge in [-0.3, -0.25) is 9.90 Å². The van der Waals surface area contributed by atoms with Gasteiger partial charge in [0.2, 0.25) is 0 Å². The van der Waals surface area contributed by atoms with Crippen LogP contribution in [-0.4, -0.2) is 28.8 Å². The van der Waals surface area contributed by atoms with Crippen molar-refractivity contribution in [1.82, 2.24) is 5.01 Å². The SMILES string of the molecule is CN1N=C(c2ccccc2)CC(=O)[N-]C1=S.Cc1ccc(C(C)C)cc1.[Cl][Ru+]. The fourth-order valence-electron chi connectivity index (χ4n) is 2.36. The Bertz CT molecular complexity index is 795. The molecule has 150 valence electrons. The summed E-state index contributed by atoms with van der Waals surface area (Å²) in [7, 11) is 6.26. The van der Waals surface area contributed by atoms with E-state index in [0.29, 0.717) is 11.6 Å². The van der Waals surface area contributed by atoms with Crippen LogP contribution in [-0.2, 0) is 22.1 Å². The molecule has 2 aromatic rings. The first kappa shape index (κ1) is 24.4. The summed E-state index contributed by atoms with van der Waals surface area (Å²) in [5.74, 6) is 0.401. The molecule has 0 fully saturated rings. The number of benzene rings is 2. The minimum absolute atomic E-state index is 0.189. The molecule has 0 spiro atoms. The second kappa shape index (κ2) is 12.8. The number of rotatable bonds is 2. The molecule has 28 heavy (non-hydrogen) atoms. The summed E-state index contributed by atoms with van der Waals surface area (Å²) in [6.07, 6.45) is 0.189. The summed E-state index contributed by atoms with van der Waals surface area (Å²) in [6, 6.07) is 18.3. The number of thiocarbonyl (C=S) groups is 1. The van der Waals surface area contributed by atoms with Gasteiger partial charge in [-0.1, -0.05) is 86.2 Å². The van der Waals surface area contributed by atoms with E-state index in [4.69, 9.17) is 12.2 Å². The fourth-order valence-corrected chi connectivity index (χ4v) is 2.51. The molecule has 1 heterocycles. The molecule has 1 aliphatic rings. The van der Waals surface area contributed by atoms with Crippen molar-refractivity contribution in [3.8, 4) is 0 Å². The third kappa shape index (κ3) is 8.18. The summed E-state index contributed by atoms with van der Waals surface area (Å²) < 4.78 is 0. The number of hydrazone groups is 1. The Hall–Kier alpha value is -1.62. The first-order chi connectivity index (χ1) is 13.4. The van der Waals surface area contributed by atoms with Crippen molar-refractivity contribution >= 4 is 38.6 Å². The number of halogens is 1. The summed E-state index contributed by atoms with van der Waals surface area (Å²) in [4.78, 5) is 11.5. The van der Waals surface area contributed by atoms with Gasteiger partial charge >= 0.3 is 27.0 Å². The van der Waals surface area contributed by atoms with Gasteiger partial charge in [0.25, 0.3) is 0 Å². The number of hydrogen-bond acceptors (Lipinski definition) is 3. The Balaban J connectivity index is 0.000000281. The zero-order valence-electron chi connectivity index (χ0n) is 16.4. The fraction of sp³-hybridized carbons (Fsp3) is 0.286. The third-order valence-corrected chi connectivity index (χ3v) is 4.29. The first-order valence-electron chi connectivity index (χ1n) is 8.72. The summed E-state index contributed by atoms with van der Waals surface area (Å²) >= 11 is 6.75. The van der Waals surface area contributed by atoms with Crippen molar-refractivity contribution in [3.63, 3.8) is 0 Å². The molecule has 0 aliphatic carbocycles. The quantitative estimate of drug-likeness (QED) is 0.390. The van der Waals surface area contributed by atoms with E-state index in [-0.39, 0.29) is 17.4 Å². The summed E-state index contributed by atoms with van der Waals surface area (Å²) in [5, 5.41) is 9.66. The van der Waals surface area contributed by atoms with Gasteiger partial charge in [0, 0.05) is 11.5 Å². The van der Waals surface area contributed by atoms with Crippen LogP contribution in [0.4, 0.5) is 0 Å². The van der Waals surface area contributed by atoms with Crippen LogP contribution in [0.3, 0.4) is 0 Å². The van der Waals surface area contributed by atoms with E-state index in [2.05, 4.69) is 65.1 Å². The Morgan fingerprint density at radius 3 is 2.21 bits per heavy atom. The molecule has 0 aromatic heterocycles. The normalized spacial score (nSPS) is 13.4. The number of amides is 1. The van der Waals surface area contributed by atoms with Gasteiger partial charge in [-0.15, -0.1) is 0 Å². The Morgan fingerprint density at radius 2 is 1.68 bits per heavy atom. The summed E-state index contributed by atoms with van der Waals surface area (Å²) in [5.41, 5.74) is 4.37. The van der Waals surface area contributed by atoms with Gasteiger partial charge in [-0.25, -0.2) is 0 Å². The molecule has 3 rings (SSSR count). The number of carbonyl (C=O) groups is 1. The van der Waals surface area contributed by atoms with Gasteiger partial charge in [0.1, 0.15) is 0 Å². The van der Waals surface area contributed by atoms with E-state index in [0.717, 1.165) is 5.56 Å². The van der Waals surface area contributed by atoms with Crippen LogP contribution in [0, 0.1) is 6.92 Å². The zero-order valence-corrected chi connectivity index (χ0v) is 19.7. The number of aryl methyl sites for hydroxylation is 1. The molecule has 4 nitrogen and oxygen atoms in total. The van der Waals surface area contributed by atoms with Gasteiger partial charge in [-0.2, -0.15) is 0 Å². The molecule has 2 aromatic carbocycles. The molecule has 0 N–H and O–H groups in total. The molecule has 7 heteroatoms. The zero-order chi connectivity index (χ0) is 21.1. The van der Waals surface area contributed by atoms with Gasteiger partial charge < -0.3 is 10.3 Å². The van der Waals surface area contributed by atoms with Crippen molar-refractivity contribution in [2.75, 3.05) is 7.05 Å². The van der Waals surface area contributed by atoms with Crippen molar-refractivity contribution in [2.45, 2.75) is 33.1 Å². The summed E-state index contributed by atoms with van der Waals surface area (Å²) in [6.45, 7) is 6.54. The van der Waals surface area contributed by atoms with Crippen LogP contribution in [0.2, 0.25) is 0 Å². The molecular formula is C21H24ClN3ORuS. The number of carbonyl (C=O) groups excluding carboxylic acids is 1. The molecule has 1 aliphatic heterocycles.